The highest BCUT2D eigenvalue weighted by atomic mass is 14.7. The van der Waals surface area contributed by atoms with E-state index in [9.17, 15) is 0 Å². The Labute approximate surface area is 129 Å². The first-order valence-corrected chi connectivity index (χ1v) is 7.56. The summed E-state index contributed by atoms with van der Waals surface area (Å²) in [6.45, 7) is 0. The van der Waals surface area contributed by atoms with E-state index in [1.165, 1.54) is 21.5 Å². The molecule has 2 heteroatoms. The van der Waals surface area contributed by atoms with Crippen LogP contribution in [0.25, 0.3) is 21.5 Å². The molecular weight excluding hydrogens is 268 g/mol. The van der Waals surface area contributed by atoms with E-state index < -0.39 is 0 Å². The fourth-order valence-electron chi connectivity index (χ4n) is 2.79. The van der Waals surface area contributed by atoms with E-state index in [4.69, 9.17) is 0 Å². The number of hydrogen-bond donors (Lipinski definition) is 0. The van der Waals surface area contributed by atoms with Crippen molar-refractivity contribution in [1.29, 1.82) is 0 Å². The number of aromatic nitrogens is 2. The first-order chi connectivity index (χ1) is 10.9. The van der Waals surface area contributed by atoms with Crippen LogP contribution >= 0.6 is 0 Å². The Bertz CT molecular complexity index is 865. The van der Waals surface area contributed by atoms with Crippen molar-refractivity contribution in [1.82, 2.24) is 9.97 Å². The van der Waals surface area contributed by atoms with Crippen molar-refractivity contribution in [3.63, 3.8) is 0 Å². The molecule has 2 aromatic carbocycles. The largest absolute Gasteiger partial charge is 0.261 e. The van der Waals surface area contributed by atoms with Gasteiger partial charge in [0.1, 0.15) is 0 Å². The van der Waals surface area contributed by atoms with Crippen LogP contribution in [0.15, 0.2) is 73.1 Å². The highest BCUT2D eigenvalue weighted by molar-refractivity contribution is 5.82. The van der Waals surface area contributed by atoms with Gasteiger partial charge in [0.05, 0.1) is 0 Å². The molecule has 0 saturated carbocycles. The SMILES string of the molecule is c1ccc2cc(CCc3cc4ccccc4cn3)ncc2c1. The number of hydrogen-bond acceptors (Lipinski definition) is 2. The summed E-state index contributed by atoms with van der Waals surface area (Å²) in [7, 11) is 0. The zero-order valence-electron chi connectivity index (χ0n) is 12.2. The van der Waals surface area contributed by atoms with Crippen molar-refractivity contribution in [3.05, 3.63) is 84.4 Å². The minimum atomic E-state index is 0.913. The van der Waals surface area contributed by atoms with Crippen LogP contribution in [-0.2, 0) is 12.8 Å². The highest BCUT2D eigenvalue weighted by Gasteiger charge is 2.02. The number of benzene rings is 2. The quantitative estimate of drug-likeness (QED) is 0.551. The van der Waals surface area contributed by atoms with Crippen LogP contribution in [0.1, 0.15) is 11.4 Å². The third kappa shape index (κ3) is 2.56. The molecule has 0 unspecified atom stereocenters. The fourth-order valence-corrected chi connectivity index (χ4v) is 2.79. The normalized spacial score (nSPS) is 11.1. The number of rotatable bonds is 3. The number of fused-ring (bicyclic) bond motifs is 2. The van der Waals surface area contributed by atoms with Crippen LogP contribution in [-0.4, -0.2) is 9.97 Å². The number of aryl methyl sites for hydroxylation is 2. The molecule has 2 nitrogen and oxygen atoms in total. The summed E-state index contributed by atoms with van der Waals surface area (Å²) in [6.07, 6.45) is 5.74. The molecule has 4 rings (SSSR count). The van der Waals surface area contributed by atoms with Gasteiger partial charge in [0.25, 0.3) is 0 Å². The lowest BCUT2D eigenvalue weighted by molar-refractivity contribution is 0.886. The summed E-state index contributed by atoms with van der Waals surface area (Å²) >= 11 is 0. The first-order valence-electron chi connectivity index (χ1n) is 7.56. The Kier molecular flexibility index (Phi) is 3.28. The van der Waals surface area contributed by atoms with Gasteiger partial charge in [-0.3, -0.25) is 9.97 Å². The molecule has 0 atom stereocenters. The second-order valence-corrected chi connectivity index (χ2v) is 5.55. The number of pyridine rings is 2. The maximum absolute atomic E-state index is 4.56. The van der Waals surface area contributed by atoms with Gasteiger partial charge in [0.15, 0.2) is 0 Å². The van der Waals surface area contributed by atoms with Gasteiger partial charge >= 0.3 is 0 Å². The molecule has 0 aliphatic carbocycles. The van der Waals surface area contributed by atoms with Crippen LogP contribution in [0, 0.1) is 0 Å². The molecule has 0 N–H and O–H groups in total. The van der Waals surface area contributed by atoms with Crippen LogP contribution in [0.2, 0.25) is 0 Å². The van der Waals surface area contributed by atoms with Gasteiger partial charge < -0.3 is 0 Å². The Morgan fingerprint density at radius 3 is 1.41 bits per heavy atom. The third-order valence-corrected chi connectivity index (χ3v) is 4.01. The zero-order chi connectivity index (χ0) is 14.8. The summed E-state index contributed by atoms with van der Waals surface area (Å²) < 4.78 is 0. The molecule has 0 spiro atoms. The van der Waals surface area contributed by atoms with E-state index >= 15 is 0 Å². The van der Waals surface area contributed by atoms with Gasteiger partial charge in [-0.25, -0.2) is 0 Å². The monoisotopic (exact) mass is 284 g/mol. The predicted octanol–water partition coefficient (Wildman–Crippen LogP) is 4.57. The van der Waals surface area contributed by atoms with Crippen LogP contribution in [0.5, 0.6) is 0 Å². The molecule has 0 amide bonds. The van der Waals surface area contributed by atoms with Gasteiger partial charge in [0.2, 0.25) is 0 Å². The van der Waals surface area contributed by atoms with Crippen LogP contribution < -0.4 is 0 Å². The van der Waals surface area contributed by atoms with Gasteiger partial charge in [-0.1, -0.05) is 48.5 Å². The van der Waals surface area contributed by atoms with Crippen molar-refractivity contribution >= 4 is 21.5 Å². The zero-order valence-corrected chi connectivity index (χ0v) is 12.2. The molecule has 0 aliphatic rings. The predicted molar refractivity (Wildman–Crippen MR) is 90.9 cm³/mol. The lowest BCUT2D eigenvalue weighted by atomic mass is 10.1. The highest BCUT2D eigenvalue weighted by Crippen LogP contribution is 2.16. The average molecular weight is 284 g/mol. The van der Waals surface area contributed by atoms with Crippen molar-refractivity contribution in [3.8, 4) is 0 Å². The molecule has 0 bridgehead atoms. The second-order valence-electron chi connectivity index (χ2n) is 5.55. The maximum atomic E-state index is 4.56. The summed E-state index contributed by atoms with van der Waals surface area (Å²) in [5.41, 5.74) is 2.24. The maximum Gasteiger partial charge on any atom is 0.0413 e. The topological polar surface area (TPSA) is 25.8 Å². The van der Waals surface area contributed by atoms with Gasteiger partial charge in [-0.2, -0.15) is 0 Å². The molecule has 2 heterocycles. The first kappa shape index (κ1) is 13.0. The molecule has 0 fully saturated rings. The van der Waals surface area contributed by atoms with E-state index in [0.717, 1.165) is 24.2 Å². The molecule has 22 heavy (non-hydrogen) atoms. The van der Waals surface area contributed by atoms with Crippen molar-refractivity contribution in [2.45, 2.75) is 12.8 Å². The molecule has 2 aromatic heterocycles. The summed E-state index contributed by atoms with van der Waals surface area (Å²) in [4.78, 5) is 9.11. The van der Waals surface area contributed by atoms with Crippen molar-refractivity contribution in [2.75, 3.05) is 0 Å². The van der Waals surface area contributed by atoms with Crippen molar-refractivity contribution < 1.29 is 0 Å². The minimum Gasteiger partial charge on any atom is -0.261 e. The van der Waals surface area contributed by atoms with Crippen molar-refractivity contribution in [2.24, 2.45) is 0 Å². The standard InChI is InChI=1S/C20H16N2/c1-3-7-17-13-21-19(11-15(17)5-1)9-10-20-12-16-6-2-4-8-18(16)14-22-20/h1-8,11-14H,9-10H2. The van der Waals surface area contributed by atoms with Gasteiger partial charge in [-0.15, -0.1) is 0 Å². The molecule has 0 aliphatic heterocycles. The summed E-state index contributed by atoms with van der Waals surface area (Å²) in [5, 5.41) is 4.88. The van der Waals surface area contributed by atoms with Crippen LogP contribution in [0.4, 0.5) is 0 Å². The average Bonchev–Trinajstić information content (AvgIpc) is 2.59. The molecule has 4 aromatic rings. The van der Waals surface area contributed by atoms with Crippen LogP contribution in [0.3, 0.4) is 0 Å². The van der Waals surface area contributed by atoms with E-state index in [2.05, 4.69) is 58.5 Å². The minimum absolute atomic E-state index is 0.913. The third-order valence-electron chi connectivity index (χ3n) is 4.01. The molecular formula is C20H16N2. The summed E-state index contributed by atoms with van der Waals surface area (Å²) in [6, 6.07) is 21.0. The second kappa shape index (κ2) is 5.57. The Hall–Kier alpha value is -2.74. The van der Waals surface area contributed by atoms with E-state index in [0.29, 0.717) is 0 Å². The Morgan fingerprint density at radius 2 is 0.955 bits per heavy atom. The molecule has 106 valence electrons. The van der Waals surface area contributed by atoms with Gasteiger partial charge in [-0.05, 0) is 35.7 Å². The number of nitrogens with zero attached hydrogens (tertiary/aromatic N) is 2. The summed E-state index contributed by atoms with van der Waals surface area (Å²) in [5.74, 6) is 0. The Balaban J connectivity index is 1.57. The smallest absolute Gasteiger partial charge is 0.0413 e. The Morgan fingerprint density at radius 1 is 0.545 bits per heavy atom. The van der Waals surface area contributed by atoms with E-state index in [1.807, 2.05) is 24.5 Å². The van der Waals surface area contributed by atoms with E-state index in [1.54, 1.807) is 0 Å². The fraction of sp³-hybridized carbons (Fsp3) is 0.100. The lowest BCUT2D eigenvalue weighted by Crippen LogP contribution is -1.96. The van der Waals surface area contributed by atoms with Gasteiger partial charge in [0, 0.05) is 34.6 Å². The molecule has 0 radical (unpaired) electrons. The van der Waals surface area contributed by atoms with E-state index in [-0.39, 0.29) is 0 Å². The lowest BCUT2D eigenvalue weighted by Gasteiger charge is -2.04. The molecule has 0 saturated heterocycles.